The predicted molar refractivity (Wildman–Crippen MR) is 52.6 cm³/mol. The molecule has 2 aromatic rings. The molecule has 0 saturated carbocycles. The number of fused-ring (bicyclic) bond motifs is 1. The van der Waals surface area contributed by atoms with Crippen LogP contribution in [0.15, 0.2) is 4.79 Å². The van der Waals surface area contributed by atoms with Crippen molar-refractivity contribution < 1.29 is 0 Å². The Kier molecular flexibility index (Phi) is 1.66. The van der Waals surface area contributed by atoms with Gasteiger partial charge in [-0.1, -0.05) is 0 Å². The Bertz CT molecular complexity index is 539. The van der Waals surface area contributed by atoms with Crippen molar-refractivity contribution in [3.8, 4) is 0 Å². The molecule has 7 heteroatoms. The van der Waals surface area contributed by atoms with E-state index < -0.39 is 0 Å². The topological polar surface area (TPSA) is 102 Å². The van der Waals surface area contributed by atoms with Crippen LogP contribution in [0.3, 0.4) is 0 Å². The maximum Gasteiger partial charge on any atom is 0.280 e. The Balaban J connectivity index is 2.95. The molecule has 0 amide bonds. The standard InChI is InChI=1S/C7H10N6O/c1-3-10-4-5(13(3)9-2)11-7(8)12-6(4)14/h9H,1-2H3,(H3,8,11,12,14). The van der Waals surface area contributed by atoms with Crippen molar-refractivity contribution in [2.45, 2.75) is 6.92 Å². The first-order chi connectivity index (χ1) is 6.63. The molecule has 7 nitrogen and oxygen atoms in total. The van der Waals surface area contributed by atoms with Gasteiger partial charge in [-0.15, -0.1) is 0 Å². The first-order valence-corrected chi connectivity index (χ1v) is 4.06. The van der Waals surface area contributed by atoms with Crippen molar-refractivity contribution in [1.29, 1.82) is 0 Å². The number of hydrogen-bond acceptors (Lipinski definition) is 5. The largest absolute Gasteiger partial charge is 0.369 e. The summed E-state index contributed by atoms with van der Waals surface area (Å²) >= 11 is 0. The summed E-state index contributed by atoms with van der Waals surface area (Å²) < 4.78 is 1.60. The van der Waals surface area contributed by atoms with Crippen molar-refractivity contribution in [2.24, 2.45) is 0 Å². The minimum Gasteiger partial charge on any atom is -0.369 e. The summed E-state index contributed by atoms with van der Waals surface area (Å²) in [6.07, 6.45) is 0. The number of aromatic amines is 1. The van der Waals surface area contributed by atoms with Crippen LogP contribution >= 0.6 is 0 Å². The third kappa shape index (κ3) is 1.02. The molecule has 0 aliphatic carbocycles. The lowest BCUT2D eigenvalue weighted by molar-refractivity contribution is 0.884. The van der Waals surface area contributed by atoms with Gasteiger partial charge in [0.15, 0.2) is 11.2 Å². The summed E-state index contributed by atoms with van der Waals surface area (Å²) in [7, 11) is 1.72. The quantitative estimate of drug-likeness (QED) is 0.550. The van der Waals surface area contributed by atoms with Crippen LogP contribution in [0.25, 0.3) is 11.2 Å². The van der Waals surface area contributed by atoms with Crippen LogP contribution in [0.1, 0.15) is 5.82 Å². The van der Waals surface area contributed by atoms with Crippen LogP contribution in [0, 0.1) is 6.92 Å². The Morgan fingerprint density at radius 2 is 2.21 bits per heavy atom. The third-order valence-corrected chi connectivity index (χ3v) is 1.93. The molecule has 2 heterocycles. The number of anilines is 1. The van der Waals surface area contributed by atoms with Gasteiger partial charge in [0.25, 0.3) is 5.56 Å². The zero-order valence-electron chi connectivity index (χ0n) is 7.83. The summed E-state index contributed by atoms with van der Waals surface area (Å²) in [5, 5.41) is 0. The van der Waals surface area contributed by atoms with Gasteiger partial charge in [-0.2, -0.15) is 4.98 Å². The van der Waals surface area contributed by atoms with Crippen molar-refractivity contribution >= 4 is 17.1 Å². The molecule has 14 heavy (non-hydrogen) atoms. The lowest BCUT2D eigenvalue weighted by Crippen LogP contribution is -2.15. The molecule has 4 N–H and O–H groups in total. The van der Waals surface area contributed by atoms with E-state index in [2.05, 4.69) is 20.4 Å². The number of nitrogens with two attached hydrogens (primary N) is 1. The molecule has 74 valence electrons. The number of aryl methyl sites for hydroxylation is 1. The number of hydrogen-bond donors (Lipinski definition) is 3. The fraction of sp³-hybridized carbons (Fsp3) is 0.286. The molecule has 0 aromatic carbocycles. The molecular weight excluding hydrogens is 184 g/mol. The number of rotatable bonds is 1. The van der Waals surface area contributed by atoms with Crippen molar-refractivity contribution in [1.82, 2.24) is 19.6 Å². The number of nitrogens with one attached hydrogen (secondary N) is 2. The average Bonchev–Trinajstić information content (AvgIpc) is 2.41. The van der Waals surface area contributed by atoms with Crippen LogP contribution in [0.2, 0.25) is 0 Å². The SMILES string of the molecule is CNn1c(C)nc2c(=O)[nH]c(N)nc21. The fourth-order valence-corrected chi connectivity index (χ4v) is 1.36. The van der Waals surface area contributed by atoms with E-state index in [0.717, 1.165) is 0 Å². The Hall–Kier alpha value is -2.05. The second kappa shape index (κ2) is 2.72. The van der Waals surface area contributed by atoms with Crippen LogP contribution in [-0.4, -0.2) is 26.7 Å². The van der Waals surface area contributed by atoms with E-state index in [1.54, 1.807) is 18.6 Å². The highest BCUT2D eigenvalue weighted by atomic mass is 16.1. The van der Waals surface area contributed by atoms with E-state index in [1.165, 1.54) is 0 Å². The maximum atomic E-state index is 11.4. The summed E-state index contributed by atoms with van der Waals surface area (Å²) in [5.41, 5.74) is 8.67. The second-order valence-electron chi connectivity index (χ2n) is 2.84. The molecule has 0 aliphatic rings. The van der Waals surface area contributed by atoms with E-state index in [9.17, 15) is 4.79 Å². The first-order valence-electron chi connectivity index (χ1n) is 4.06. The normalized spacial score (nSPS) is 10.7. The molecule has 0 radical (unpaired) electrons. The molecule has 0 bridgehead atoms. The highest BCUT2D eigenvalue weighted by Gasteiger charge is 2.11. The summed E-state index contributed by atoms with van der Waals surface area (Å²) in [6.45, 7) is 1.77. The number of nitrogens with zero attached hydrogens (tertiary/aromatic N) is 3. The van der Waals surface area contributed by atoms with Gasteiger partial charge in [0.05, 0.1) is 0 Å². The Morgan fingerprint density at radius 1 is 1.50 bits per heavy atom. The molecule has 2 rings (SSSR count). The number of H-pyrrole nitrogens is 1. The number of nitrogen functional groups attached to an aromatic ring is 1. The molecular formula is C7H10N6O. The average molecular weight is 194 g/mol. The summed E-state index contributed by atoms with van der Waals surface area (Å²) in [6, 6.07) is 0. The van der Waals surface area contributed by atoms with E-state index in [0.29, 0.717) is 11.5 Å². The zero-order chi connectivity index (χ0) is 10.3. The number of imidazole rings is 1. The van der Waals surface area contributed by atoms with Gasteiger partial charge in [0, 0.05) is 7.05 Å². The molecule has 0 fully saturated rings. The predicted octanol–water partition coefficient (Wildman–Crippen LogP) is -0.816. The fourth-order valence-electron chi connectivity index (χ4n) is 1.36. The van der Waals surface area contributed by atoms with Gasteiger partial charge in [-0.3, -0.25) is 9.78 Å². The molecule has 0 aliphatic heterocycles. The zero-order valence-corrected chi connectivity index (χ0v) is 7.83. The van der Waals surface area contributed by atoms with Gasteiger partial charge in [-0.05, 0) is 6.92 Å². The van der Waals surface area contributed by atoms with Gasteiger partial charge >= 0.3 is 0 Å². The summed E-state index contributed by atoms with van der Waals surface area (Å²) in [4.78, 5) is 21.8. The smallest absolute Gasteiger partial charge is 0.280 e. The molecule has 2 aromatic heterocycles. The van der Waals surface area contributed by atoms with Gasteiger partial charge in [0.1, 0.15) is 5.82 Å². The minimum absolute atomic E-state index is 0.0823. The van der Waals surface area contributed by atoms with E-state index in [1.807, 2.05) is 0 Å². The Morgan fingerprint density at radius 3 is 2.86 bits per heavy atom. The van der Waals surface area contributed by atoms with Gasteiger partial charge < -0.3 is 11.2 Å². The van der Waals surface area contributed by atoms with E-state index in [-0.39, 0.29) is 17.0 Å². The van der Waals surface area contributed by atoms with Crippen LogP contribution in [0.4, 0.5) is 5.95 Å². The van der Waals surface area contributed by atoms with Crippen LogP contribution < -0.4 is 16.7 Å². The summed E-state index contributed by atoms with van der Waals surface area (Å²) in [5.74, 6) is 0.741. The maximum absolute atomic E-state index is 11.4. The highest BCUT2D eigenvalue weighted by molar-refractivity contribution is 5.71. The van der Waals surface area contributed by atoms with Gasteiger partial charge in [0.2, 0.25) is 5.95 Å². The van der Waals surface area contributed by atoms with Gasteiger partial charge in [-0.25, -0.2) is 9.66 Å². The molecule has 0 atom stereocenters. The Labute approximate surface area is 78.9 Å². The van der Waals surface area contributed by atoms with Crippen LogP contribution in [-0.2, 0) is 0 Å². The second-order valence-corrected chi connectivity index (χ2v) is 2.84. The molecule has 0 unspecified atom stereocenters. The first kappa shape index (κ1) is 8.54. The van der Waals surface area contributed by atoms with Crippen molar-refractivity contribution in [3.05, 3.63) is 16.2 Å². The van der Waals surface area contributed by atoms with Crippen LogP contribution in [0.5, 0.6) is 0 Å². The number of aromatic nitrogens is 4. The van der Waals surface area contributed by atoms with Crippen molar-refractivity contribution in [2.75, 3.05) is 18.2 Å². The minimum atomic E-state index is -0.329. The van der Waals surface area contributed by atoms with E-state index >= 15 is 0 Å². The lowest BCUT2D eigenvalue weighted by Gasteiger charge is -2.02. The third-order valence-electron chi connectivity index (χ3n) is 1.93. The van der Waals surface area contributed by atoms with E-state index in [4.69, 9.17) is 5.73 Å². The monoisotopic (exact) mass is 194 g/mol. The molecule has 0 spiro atoms. The highest BCUT2D eigenvalue weighted by Crippen LogP contribution is 2.07. The van der Waals surface area contributed by atoms with Crippen molar-refractivity contribution in [3.63, 3.8) is 0 Å². The lowest BCUT2D eigenvalue weighted by atomic mass is 10.5. The molecule has 0 saturated heterocycles.